The van der Waals surface area contributed by atoms with Crippen LogP contribution in [0.2, 0.25) is 0 Å². The lowest BCUT2D eigenvalue weighted by atomic mass is 9.81. The predicted molar refractivity (Wildman–Crippen MR) is 265 cm³/mol. The lowest BCUT2D eigenvalue weighted by Crippen LogP contribution is -2.51. The molecule has 0 aromatic heterocycles. The first kappa shape index (κ1) is 59.6. The molecule has 74 heavy (non-hydrogen) atoms. The molecule has 2 aliphatic rings. The summed E-state index contributed by atoms with van der Waals surface area (Å²) in [5.41, 5.74) is 0.803. The van der Waals surface area contributed by atoms with Crippen LogP contribution in [0.1, 0.15) is 63.4 Å². The molecule has 4 rings (SSSR count). The normalized spacial score (nSPS) is 18.8. The minimum atomic E-state index is -1.55. The van der Waals surface area contributed by atoms with Crippen molar-refractivity contribution < 1.29 is 78.6 Å². The Labute approximate surface area is 428 Å². The maximum atomic E-state index is 13.8. The van der Waals surface area contributed by atoms with Gasteiger partial charge in [0.1, 0.15) is 18.1 Å². The minimum absolute atomic E-state index is 0.0283. The van der Waals surface area contributed by atoms with Gasteiger partial charge in [0.05, 0.1) is 26.2 Å². The molecule has 0 spiro atoms. The summed E-state index contributed by atoms with van der Waals surface area (Å²) in [7, 11) is 0. The Morgan fingerprint density at radius 2 is 1.03 bits per heavy atom. The van der Waals surface area contributed by atoms with E-state index in [1.54, 1.807) is 14.7 Å². The first-order valence-corrected chi connectivity index (χ1v) is 24.9. The van der Waals surface area contributed by atoms with Gasteiger partial charge in [-0.2, -0.15) is 0 Å². The second-order valence-electron chi connectivity index (χ2n) is 18.9. The molecule has 2 aromatic carbocycles. The molecule has 5 amide bonds. The number of urea groups is 1. The lowest BCUT2D eigenvalue weighted by molar-refractivity contribution is -0.141. The van der Waals surface area contributed by atoms with E-state index in [0.29, 0.717) is 45.3 Å². The van der Waals surface area contributed by atoms with E-state index in [4.69, 9.17) is 5.11 Å². The number of benzene rings is 2. The highest BCUT2D eigenvalue weighted by atomic mass is 16.4. The van der Waals surface area contributed by atoms with Gasteiger partial charge in [-0.15, -0.1) is 0 Å². The van der Waals surface area contributed by atoms with E-state index in [0.717, 1.165) is 16.3 Å². The molecular formula is C49H71N9O16. The number of rotatable bonds is 27. The zero-order chi connectivity index (χ0) is 54.2. The molecule has 25 nitrogen and oxygen atoms in total. The molecule has 1 heterocycles. The van der Waals surface area contributed by atoms with Gasteiger partial charge >= 0.3 is 41.8 Å². The molecule has 0 unspecified atom stereocenters. The van der Waals surface area contributed by atoms with Crippen LogP contribution < -0.4 is 26.6 Å². The fourth-order valence-electron chi connectivity index (χ4n) is 8.98. The summed E-state index contributed by atoms with van der Waals surface area (Å²) in [5.74, 6) is -8.66. The summed E-state index contributed by atoms with van der Waals surface area (Å²) in [6.45, 7) is 1.73. The third kappa shape index (κ3) is 22.4. The van der Waals surface area contributed by atoms with E-state index in [1.165, 1.54) is 0 Å². The maximum absolute atomic E-state index is 13.8. The molecule has 1 saturated carbocycles. The van der Waals surface area contributed by atoms with Crippen LogP contribution in [-0.2, 0) is 49.6 Å². The molecule has 3 atom stereocenters. The monoisotopic (exact) mass is 1040 g/mol. The predicted octanol–water partition coefficient (Wildman–Crippen LogP) is -0.378. The SMILES string of the molecule is O=C(O)CC[C@@H](NC(=O)N[C@@H](CCCCNC(=O)[C@H](Cc1ccc2ccccc2c1)NC(=O)C1CCC(CNC(=O)CN2CCN(CC(=O)O)CCN(CC(=O)O)CCN(CC(=O)O)CC2)CC1)C(=O)O)C(=O)O. The zero-order valence-electron chi connectivity index (χ0n) is 41.5. The lowest BCUT2D eigenvalue weighted by Gasteiger charge is -2.33. The maximum Gasteiger partial charge on any atom is 0.326 e. The van der Waals surface area contributed by atoms with Crippen LogP contribution in [0.15, 0.2) is 42.5 Å². The Morgan fingerprint density at radius 3 is 1.53 bits per heavy atom. The van der Waals surface area contributed by atoms with Gasteiger partial charge in [0.2, 0.25) is 17.7 Å². The van der Waals surface area contributed by atoms with Crippen molar-refractivity contribution in [2.24, 2.45) is 11.8 Å². The smallest absolute Gasteiger partial charge is 0.326 e. The van der Waals surface area contributed by atoms with Crippen LogP contribution in [0, 0.1) is 11.8 Å². The molecule has 25 heteroatoms. The summed E-state index contributed by atoms with van der Waals surface area (Å²) < 4.78 is 0. The van der Waals surface area contributed by atoms with Crippen LogP contribution >= 0.6 is 0 Å². The standard InChI is InChI=1S/C49H71N9O16/c59-40(28-55-17-19-56(29-42(62)63)21-23-58(31-44(66)67)24-22-57(20-18-55)30-43(64)65)51-27-32-8-12-35(13-9-32)45(68)52-39(26-33-10-11-34-5-1-2-6-36(34)25-33)46(69)50-16-4-3-7-37(47(70)71)53-49(74)54-38(48(72)73)14-15-41(60)61/h1-2,5-6,10-11,25,32,35,37-39H,3-4,7-9,12-24,26-31H2,(H,50,69)(H,51,59)(H,52,68)(H,60,61)(H,62,63)(H,64,65)(H,66,67)(H,70,71)(H,72,73)(H2,53,54,74)/t32?,35?,37-,38+,39-/m0/s1. The number of fused-ring (bicyclic) bond motifs is 1. The quantitative estimate of drug-likeness (QED) is 0.0508. The van der Waals surface area contributed by atoms with Gasteiger partial charge in [0.15, 0.2) is 0 Å². The molecular weight excluding hydrogens is 971 g/mol. The number of hydrogen-bond acceptors (Lipinski definition) is 14. The highest BCUT2D eigenvalue weighted by Gasteiger charge is 2.31. The van der Waals surface area contributed by atoms with E-state index >= 15 is 0 Å². The van der Waals surface area contributed by atoms with Crippen LogP contribution in [0.4, 0.5) is 4.79 Å². The van der Waals surface area contributed by atoms with Gasteiger partial charge in [-0.25, -0.2) is 14.4 Å². The Balaban J connectivity index is 1.30. The molecule has 0 bridgehead atoms. The van der Waals surface area contributed by atoms with Crippen molar-refractivity contribution in [1.82, 2.24) is 46.2 Å². The first-order valence-electron chi connectivity index (χ1n) is 24.9. The summed E-state index contributed by atoms with van der Waals surface area (Å²) in [5, 5.41) is 71.4. The van der Waals surface area contributed by atoms with Crippen molar-refractivity contribution in [3.05, 3.63) is 48.0 Å². The zero-order valence-corrected chi connectivity index (χ0v) is 41.5. The second kappa shape index (κ2) is 30.9. The summed E-state index contributed by atoms with van der Waals surface area (Å²) in [6, 6.07) is 8.44. The van der Waals surface area contributed by atoms with Crippen molar-refractivity contribution in [2.45, 2.75) is 82.3 Å². The highest BCUT2D eigenvalue weighted by Crippen LogP contribution is 2.29. The number of unbranched alkanes of at least 4 members (excludes halogenated alkanes) is 1. The average Bonchev–Trinajstić information content (AvgIpc) is 3.34. The van der Waals surface area contributed by atoms with Crippen LogP contribution in [0.5, 0.6) is 0 Å². The van der Waals surface area contributed by atoms with Gasteiger partial charge in [-0.05, 0) is 73.6 Å². The van der Waals surface area contributed by atoms with Crippen molar-refractivity contribution >= 4 is 70.3 Å². The third-order valence-electron chi connectivity index (χ3n) is 13.1. The molecule has 1 aliphatic carbocycles. The van der Waals surface area contributed by atoms with Crippen LogP contribution in [0.25, 0.3) is 10.8 Å². The molecule has 2 aromatic rings. The summed E-state index contributed by atoms with van der Waals surface area (Å²) in [6.07, 6.45) is 1.91. The molecule has 2 fully saturated rings. The van der Waals surface area contributed by atoms with E-state index < -0.39 is 84.6 Å². The van der Waals surface area contributed by atoms with Gasteiger partial charge in [-0.1, -0.05) is 42.5 Å². The van der Waals surface area contributed by atoms with Crippen LogP contribution in [0.3, 0.4) is 0 Å². The number of carboxylic acid groups (broad SMARTS) is 6. The number of carboxylic acids is 6. The van der Waals surface area contributed by atoms with Crippen molar-refractivity contribution in [1.29, 1.82) is 0 Å². The minimum Gasteiger partial charge on any atom is -0.481 e. The van der Waals surface area contributed by atoms with Crippen molar-refractivity contribution in [3.8, 4) is 0 Å². The van der Waals surface area contributed by atoms with Gasteiger partial charge in [0, 0.05) is 84.2 Å². The third-order valence-corrected chi connectivity index (χ3v) is 13.1. The Morgan fingerprint density at radius 1 is 0.527 bits per heavy atom. The van der Waals surface area contributed by atoms with Crippen molar-refractivity contribution in [2.75, 3.05) is 91.6 Å². The summed E-state index contributed by atoms with van der Waals surface area (Å²) >= 11 is 0. The second-order valence-corrected chi connectivity index (χ2v) is 18.9. The van der Waals surface area contributed by atoms with E-state index in [-0.39, 0.29) is 115 Å². The van der Waals surface area contributed by atoms with Gasteiger partial charge < -0.3 is 57.2 Å². The highest BCUT2D eigenvalue weighted by molar-refractivity contribution is 5.90. The largest absolute Gasteiger partial charge is 0.481 e. The number of carbonyl (C=O) groups is 10. The summed E-state index contributed by atoms with van der Waals surface area (Å²) in [4.78, 5) is 129. The Bertz CT molecular complexity index is 2230. The molecule has 1 aliphatic heterocycles. The van der Waals surface area contributed by atoms with E-state index in [1.807, 2.05) is 47.4 Å². The molecule has 0 radical (unpaired) electrons. The first-order chi connectivity index (χ1) is 35.2. The van der Waals surface area contributed by atoms with E-state index in [2.05, 4.69) is 26.6 Å². The topological polar surface area (TPSA) is 365 Å². The molecule has 1 saturated heterocycles. The Kier molecular flexibility index (Phi) is 24.9. The number of nitrogens with zero attached hydrogens (tertiary/aromatic N) is 4. The Hall–Kier alpha value is -6.96. The fraction of sp³-hybridized carbons (Fsp3) is 0.592. The van der Waals surface area contributed by atoms with E-state index in [9.17, 15) is 73.5 Å². The van der Waals surface area contributed by atoms with Gasteiger partial charge in [-0.3, -0.25) is 53.2 Å². The van der Waals surface area contributed by atoms with Crippen LogP contribution in [-0.4, -0.2) is 220 Å². The fourth-order valence-corrected chi connectivity index (χ4v) is 8.98. The number of hydrogen-bond donors (Lipinski definition) is 11. The number of aliphatic carboxylic acids is 6. The number of amides is 5. The number of carbonyl (C=O) groups excluding carboxylic acids is 4. The van der Waals surface area contributed by atoms with Gasteiger partial charge in [0.25, 0.3) is 0 Å². The number of nitrogens with one attached hydrogen (secondary N) is 5. The molecule has 11 N–H and O–H groups in total. The van der Waals surface area contributed by atoms with Crippen molar-refractivity contribution in [3.63, 3.8) is 0 Å². The average molecular weight is 1040 g/mol. The molecule has 408 valence electrons.